The number of methoxy groups -OCH3 is 2. The van der Waals surface area contributed by atoms with Gasteiger partial charge in [-0.05, 0) is 6.42 Å². The number of anilines is 1. The van der Waals surface area contributed by atoms with Crippen LogP contribution in [0, 0.1) is 0 Å². The van der Waals surface area contributed by atoms with Gasteiger partial charge in [0.1, 0.15) is 0 Å². The van der Waals surface area contributed by atoms with Gasteiger partial charge in [0.2, 0.25) is 17.7 Å². The Morgan fingerprint density at radius 1 is 1.21 bits per heavy atom. The molecule has 2 heterocycles. The largest absolute Gasteiger partial charge is 0.481 e. The Morgan fingerprint density at radius 2 is 1.95 bits per heavy atom. The van der Waals surface area contributed by atoms with Gasteiger partial charge in [-0.2, -0.15) is 9.97 Å². The summed E-state index contributed by atoms with van der Waals surface area (Å²) in [6.07, 6.45) is 6.44. The number of nitrogens with one attached hydrogen (secondary N) is 1. The highest BCUT2D eigenvalue weighted by molar-refractivity contribution is 5.33. The number of imidazole rings is 1. The third-order valence-corrected chi connectivity index (χ3v) is 2.53. The average Bonchev–Trinajstić information content (AvgIpc) is 2.96. The number of aryl methyl sites for hydroxylation is 1. The van der Waals surface area contributed by atoms with Gasteiger partial charge in [0.15, 0.2) is 0 Å². The second-order valence-electron chi connectivity index (χ2n) is 3.86. The molecule has 2 aromatic heterocycles. The van der Waals surface area contributed by atoms with E-state index in [1.54, 1.807) is 32.8 Å². The summed E-state index contributed by atoms with van der Waals surface area (Å²) in [5.74, 6) is 1.45. The molecule has 0 spiro atoms. The highest BCUT2D eigenvalue weighted by Gasteiger charge is 2.04. The summed E-state index contributed by atoms with van der Waals surface area (Å²) in [7, 11) is 3.12. The highest BCUT2D eigenvalue weighted by atomic mass is 16.5. The van der Waals surface area contributed by atoms with E-state index in [0.717, 1.165) is 19.5 Å². The molecule has 7 nitrogen and oxygen atoms in total. The van der Waals surface area contributed by atoms with Gasteiger partial charge in [0.25, 0.3) is 0 Å². The van der Waals surface area contributed by atoms with Crippen molar-refractivity contribution < 1.29 is 9.47 Å². The van der Waals surface area contributed by atoms with Gasteiger partial charge < -0.3 is 19.4 Å². The lowest BCUT2D eigenvalue weighted by Gasteiger charge is -2.08. The second kappa shape index (κ2) is 6.58. The minimum atomic E-state index is 0.476. The number of hydrogen-bond acceptors (Lipinski definition) is 6. The predicted octanol–water partition coefficient (Wildman–Crippen LogP) is 1.19. The van der Waals surface area contributed by atoms with Crippen molar-refractivity contribution in [2.45, 2.75) is 13.0 Å². The maximum atomic E-state index is 5.08. The van der Waals surface area contributed by atoms with Crippen molar-refractivity contribution in [2.75, 3.05) is 26.1 Å². The van der Waals surface area contributed by atoms with E-state index in [0.29, 0.717) is 17.7 Å². The smallest absolute Gasteiger partial charge is 0.229 e. The van der Waals surface area contributed by atoms with E-state index in [2.05, 4.69) is 20.3 Å². The summed E-state index contributed by atoms with van der Waals surface area (Å²) < 4.78 is 12.2. The van der Waals surface area contributed by atoms with Crippen LogP contribution < -0.4 is 14.8 Å². The SMILES string of the molecule is COc1cc(OC)nc(NCCCn2ccnc2)n1. The molecular weight excluding hydrogens is 246 g/mol. The van der Waals surface area contributed by atoms with Crippen molar-refractivity contribution in [1.29, 1.82) is 0 Å². The first-order valence-corrected chi connectivity index (χ1v) is 5.98. The minimum Gasteiger partial charge on any atom is -0.481 e. The molecule has 0 bridgehead atoms. The first kappa shape index (κ1) is 13.1. The Bertz CT molecular complexity index is 479. The molecule has 1 N–H and O–H groups in total. The molecule has 0 aliphatic heterocycles. The van der Waals surface area contributed by atoms with Gasteiger partial charge in [-0.3, -0.25) is 0 Å². The molecule has 0 saturated heterocycles. The van der Waals surface area contributed by atoms with Crippen molar-refractivity contribution in [2.24, 2.45) is 0 Å². The molecule has 0 aromatic carbocycles. The maximum Gasteiger partial charge on any atom is 0.229 e. The minimum absolute atomic E-state index is 0.476. The maximum absolute atomic E-state index is 5.08. The number of hydrogen-bond donors (Lipinski definition) is 1. The van der Waals surface area contributed by atoms with Crippen LogP contribution in [0.25, 0.3) is 0 Å². The summed E-state index contributed by atoms with van der Waals surface area (Å²) in [5, 5.41) is 3.14. The summed E-state index contributed by atoms with van der Waals surface area (Å²) in [6.45, 7) is 1.66. The number of nitrogens with zero attached hydrogens (tertiary/aromatic N) is 4. The third kappa shape index (κ3) is 3.84. The lowest BCUT2D eigenvalue weighted by Crippen LogP contribution is -2.09. The molecule has 2 rings (SSSR count). The molecule has 19 heavy (non-hydrogen) atoms. The molecule has 0 radical (unpaired) electrons. The van der Waals surface area contributed by atoms with Crippen LogP contribution in [0.15, 0.2) is 24.8 Å². The van der Waals surface area contributed by atoms with Crippen molar-refractivity contribution >= 4 is 5.95 Å². The van der Waals surface area contributed by atoms with E-state index in [-0.39, 0.29) is 0 Å². The number of ether oxygens (including phenoxy) is 2. The number of aromatic nitrogens is 4. The van der Waals surface area contributed by atoms with Crippen molar-refractivity contribution in [3.63, 3.8) is 0 Å². The predicted molar refractivity (Wildman–Crippen MR) is 70.5 cm³/mol. The molecule has 7 heteroatoms. The van der Waals surface area contributed by atoms with Gasteiger partial charge in [0, 0.05) is 25.5 Å². The molecule has 0 fully saturated rings. The topological polar surface area (TPSA) is 74.1 Å². The number of rotatable bonds is 7. The zero-order chi connectivity index (χ0) is 13.5. The van der Waals surface area contributed by atoms with E-state index in [1.807, 2.05) is 10.8 Å². The van der Waals surface area contributed by atoms with Crippen molar-refractivity contribution in [3.8, 4) is 11.8 Å². The van der Waals surface area contributed by atoms with Crippen LogP contribution in [-0.4, -0.2) is 40.3 Å². The summed E-state index contributed by atoms with van der Waals surface area (Å²) in [5.41, 5.74) is 0. The van der Waals surface area contributed by atoms with Gasteiger partial charge >= 0.3 is 0 Å². The molecule has 2 aromatic rings. The van der Waals surface area contributed by atoms with Crippen LogP contribution in [0.1, 0.15) is 6.42 Å². The molecule has 102 valence electrons. The lowest BCUT2D eigenvalue weighted by molar-refractivity contribution is 0.373. The normalized spacial score (nSPS) is 10.2. The summed E-state index contributed by atoms with van der Waals surface area (Å²) >= 11 is 0. The van der Waals surface area contributed by atoms with E-state index in [9.17, 15) is 0 Å². The van der Waals surface area contributed by atoms with Crippen LogP contribution >= 0.6 is 0 Å². The Kier molecular flexibility index (Phi) is 4.54. The van der Waals surface area contributed by atoms with Crippen LogP contribution in [0.5, 0.6) is 11.8 Å². The zero-order valence-electron chi connectivity index (χ0n) is 11.0. The van der Waals surface area contributed by atoms with Crippen LogP contribution in [0.3, 0.4) is 0 Å². The fraction of sp³-hybridized carbons (Fsp3) is 0.417. The first-order valence-electron chi connectivity index (χ1n) is 5.98. The third-order valence-electron chi connectivity index (χ3n) is 2.53. The molecule has 0 aliphatic carbocycles. The van der Waals surface area contributed by atoms with Gasteiger partial charge in [-0.1, -0.05) is 0 Å². The molecule has 0 saturated carbocycles. The van der Waals surface area contributed by atoms with E-state index < -0.39 is 0 Å². The average molecular weight is 263 g/mol. The Morgan fingerprint density at radius 3 is 2.53 bits per heavy atom. The fourth-order valence-corrected chi connectivity index (χ4v) is 1.57. The van der Waals surface area contributed by atoms with E-state index in [1.165, 1.54) is 0 Å². The Labute approximate surface area is 111 Å². The molecule has 0 aliphatic rings. The quantitative estimate of drug-likeness (QED) is 0.756. The van der Waals surface area contributed by atoms with Crippen LogP contribution in [0.4, 0.5) is 5.95 Å². The van der Waals surface area contributed by atoms with E-state index in [4.69, 9.17) is 9.47 Å². The first-order chi connectivity index (χ1) is 9.31. The van der Waals surface area contributed by atoms with Gasteiger partial charge in [0.05, 0.1) is 26.6 Å². The monoisotopic (exact) mass is 263 g/mol. The Balaban J connectivity index is 1.84. The standard InChI is InChI=1S/C12H17N5O2/c1-18-10-8-11(19-2)16-12(15-10)14-4-3-6-17-7-5-13-9-17/h5,7-9H,3-4,6H2,1-2H3,(H,14,15,16). The summed E-state index contributed by atoms with van der Waals surface area (Å²) in [4.78, 5) is 12.4. The fourth-order valence-electron chi connectivity index (χ4n) is 1.57. The lowest BCUT2D eigenvalue weighted by atomic mass is 10.4. The van der Waals surface area contributed by atoms with Crippen LogP contribution in [-0.2, 0) is 6.54 Å². The summed E-state index contributed by atoms with van der Waals surface area (Å²) in [6, 6.07) is 1.64. The molecule has 0 amide bonds. The Hall–Kier alpha value is -2.31. The van der Waals surface area contributed by atoms with Gasteiger partial charge in [-0.25, -0.2) is 4.98 Å². The molecule has 0 atom stereocenters. The van der Waals surface area contributed by atoms with Crippen molar-refractivity contribution in [3.05, 3.63) is 24.8 Å². The van der Waals surface area contributed by atoms with E-state index >= 15 is 0 Å². The van der Waals surface area contributed by atoms with Gasteiger partial charge in [-0.15, -0.1) is 0 Å². The molecular formula is C12H17N5O2. The molecule has 0 unspecified atom stereocenters. The highest BCUT2D eigenvalue weighted by Crippen LogP contribution is 2.17. The second-order valence-corrected chi connectivity index (χ2v) is 3.86. The van der Waals surface area contributed by atoms with Crippen LogP contribution in [0.2, 0.25) is 0 Å². The van der Waals surface area contributed by atoms with Crippen molar-refractivity contribution in [1.82, 2.24) is 19.5 Å². The zero-order valence-corrected chi connectivity index (χ0v) is 11.0.